The molecule has 0 fully saturated rings. The molecule has 0 saturated heterocycles. The maximum atomic E-state index is 11.9. The molecule has 0 aromatic rings. The summed E-state index contributed by atoms with van der Waals surface area (Å²) in [4.78, 5) is 48.2. The summed E-state index contributed by atoms with van der Waals surface area (Å²) in [5.41, 5.74) is 8.23. The van der Waals surface area contributed by atoms with Crippen LogP contribution in [0.15, 0.2) is 0 Å². The SMILES string of the molecule is CC(=O)[C@H](O)C(=O)N[C@@H](CCC(=O)C=[N+]=[N-])C(=O)OC(C)C. The van der Waals surface area contributed by atoms with Crippen molar-refractivity contribution in [3.8, 4) is 0 Å². The molecule has 0 saturated carbocycles. The van der Waals surface area contributed by atoms with Crippen molar-refractivity contribution in [1.29, 1.82) is 0 Å². The number of aliphatic hydroxyl groups excluding tert-OH is 1. The monoisotopic (exact) mass is 313 g/mol. The van der Waals surface area contributed by atoms with E-state index in [9.17, 15) is 24.3 Å². The summed E-state index contributed by atoms with van der Waals surface area (Å²) in [7, 11) is 0. The minimum absolute atomic E-state index is 0.132. The molecule has 122 valence electrons. The molecule has 0 aliphatic heterocycles. The number of nitrogens with one attached hydrogen (secondary N) is 1. The van der Waals surface area contributed by atoms with Crippen LogP contribution in [-0.4, -0.2) is 57.8 Å². The van der Waals surface area contributed by atoms with Gasteiger partial charge in [-0.1, -0.05) is 0 Å². The zero-order valence-corrected chi connectivity index (χ0v) is 12.6. The van der Waals surface area contributed by atoms with Gasteiger partial charge in [-0.3, -0.25) is 14.4 Å². The zero-order chi connectivity index (χ0) is 17.3. The van der Waals surface area contributed by atoms with Gasteiger partial charge in [-0.25, -0.2) is 4.79 Å². The predicted octanol–water partition coefficient (Wildman–Crippen LogP) is -0.977. The van der Waals surface area contributed by atoms with Crippen LogP contribution in [0.3, 0.4) is 0 Å². The summed E-state index contributed by atoms with van der Waals surface area (Å²) in [5, 5.41) is 11.5. The first-order chi connectivity index (χ1) is 10.2. The van der Waals surface area contributed by atoms with Gasteiger partial charge in [0.15, 0.2) is 11.9 Å². The minimum atomic E-state index is -1.90. The van der Waals surface area contributed by atoms with Crippen molar-refractivity contribution in [2.45, 2.75) is 51.9 Å². The molecule has 0 aliphatic rings. The number of hydrogen-bond donors (Lipinski definition) is 2. The molecule has 0 spiro atoms. The first kappa shape index (κ1) is 19.6. The number of Topliss-reactive ketones (excluding diaryl/α,β-unsaturated/α-hetero) is 2. The van der Waals surface area contributed by atoms with E-state index in [2.05, 4.69) is 10.1 Å². The standard InChI is InChI=1S/C13H19N3O6/c1-7(2)22-13(21)10(5-4-9(18)6-15-14)16-12(20)11(19)8(3)17/h6-7,10-11,19H,4-5H2,1-3H3,(H,16,20)/t10-,11-/m0/s1. The molecule has 0 heterocycles. The number of nitrogens with zero attached hydrogens (tertiary/aromatic N) is 2. The van der Waals surface area contributed by atoms with Gasteiger partial charge < -0.3 is 20.7 Å². The van der Waals surface area contributed by atoms with Crippen LogP contribution < -0.4 is 5.32 Å². The van der Waals surface area contributed by atoms with Crippen molar-refractivity contribution in [3.63, 3.8) is 0 Å². The van der Waals surface area contributed by atoms with Crippen LogP contribution >= 0.6 is 0 Å². The highest BCUT2D eigenvalue weighted by Crippen LogP contribution is 2.04. The van der Waals surface area contributed by atoms with Crippen LogP contribution in [0.2, 0.25) is 0 Å². The topological polar surface area (TPSA) is 146 Å². The normalized spacial score (nSPS) is 12.8. The second kappa shape index (κ2) is 9.54. The van der Waals surface area contributed by atoms with Gasteiger partial charge in [0.05, 0.1) is 6.10 Å². The van der Waals surface area contributed by atoms with Gasteiger partial charge in [-0.2, -0.15) is 4.79 Å². The van der Waals surface area contributed by atoms with Crippen LogP contribution in [0.1, 0.15) is 33.6 Å². The second-order valence-corrected chi connectivity index (χ2v) is 4.81. The van der Waals surface area contributed by atoms with Gasteiger partial charge in [-0.15, -0.1) is 0 Å². The first-order valence-electron chi connectivity index (χ1n) is 6.58. The first-order valence-corrected chi connectivity index (χ1v) is 6.58. The van der Waals surface area contributed by atoms with E-state index in [4.69, 9.17) is 10.3 Å². The molecule has 0 radical (unpaired) electrons. The molecule has 0 aromatic carbocycles. The Labute approximate surface area is 127 Å². The van der Waals surface area contributed by atoms with Crippen molar-refractivity contribution in [2.75, 3.05) is 0 Å². The maximum absolute atomic E-state index is 11.9. The summed E-state index contributed by atoms with van der Waals surface area (Å²) in [6.07, 6.45) is -2.01. The third kappa shape index (κ3) is 7.41. The van der Waals surface area contributed by atoms with Gasteiger partial charge in [-0.05, 0) is 27.2 Å². The number of rotatable bonds is 9. The van der Waals surface area contributed by atoms with Gasteiger partial charge in [0.2, 0.25) is 5.78 Å². The van der Waals surface area contributed by atoms with Crippen molar-refractivity contribution >= 4 is 29.7 Å². The van der Waals surface area contributed by atoms with E-state index >= 15 is 0 Å². The quantitative estimate of drug-likeness (QED) is 0.184. The van der Waals surface area contributed by atoms with E-state index < -0.39 is 41.7 Å². The smallest absolute Gasteiger partial charge is 0.328 e. The number of hydrogen-bond acceptors (Lipinski definition) is 6. The minimum Gasteiger partial charge on any atom is -0.461 e. The number of carbonyl (C=O) groups is 4. The van der Waals surface area contributed by atoms with Crippen LogP contribution in [0.25, 0.3) is 5.53 Å². The van der Waals surface area contributed by atoms with Crippen molar-refractivity contribution in [2.24, 2.45) is 0 Å². The number of esters is 1. The molecular weight excluding hydrogens is 294 g/mol. The summed E-state index contributed by atoms with van der Waals surface area (Å²) in [5.74, 6) is -3.20. The number of aliphatic hydroxyl groups is 1. The molecule has 9 nitrogen and oxygen atoms in total. The van der Waals surface area contributed by atoms with Gasteiger partial charge in [0, 0.05) is 6.42 Å². The lowest BCUT2D eigenvalue weighted by atomic mass is 10.1. The van der Waals surface area contributed by atoms with E-state index in [0.717, 1.165) is 6.92 Å². The van der Waals surface area contributed by atoms with Crippen molar-refractivity contribution < 1.29 is 33.8 Å². The van der Waals surface area contributed by atoms with Gasteiger partial charge in [0.25, 0.3) is 5.91 Å². The molecule has 1 amide bonds. The molecule has 0 aromatic heterocycles. The van der Waals surface area contributed by atoms with Crippen LogP contribution in [0, 0.1) is 0 Å². The van der Waals surface area contributed by atoms with Crippen LogP contribution in [-0.2, 0) is 23.9 Å². The Morgan fingerprint density at radius 3 is 2.36 bits per heavy atom. The molecule has 9 heteroatoms. The summed E-state index contributed by atoms with van der Waals surface area (Å²) >= 11 is 0. The third-order valence-corrected chi connectivity index (χ3v) is 2.47. The van der Waals surface area contributed by atoms with Crippen molar-refractivity contribution in [1.82, 2.24) is 5.32 Å². The van der Waals surface area contributed by atoms with Crippen LogP contribution in [0.5, 0.6) is 0 Å². The molecular formula is C13H19N3O6. The number of ether oxygens (including phenoxy) is 1. The Bertz CT molecular complexity index is 496. The van der Waals surface area contributed by atoms with E-state index in [1.807, 2.05) is 0 Å². The number of amides is 1. The zero-order valence-electron chi connectivity index (χ0n) is 12.6. The van der Waals surface area contributed by atoms with E-state index in [1.165, 1.54) is 0 Å². The summed E-state index contributed by atoms with van der Waals surface area (Å²) in [6, 6.07) is -1.21. The van der Waals surface area contributed by atoms with Gasteiger partial charge >= 0.3 is 12.2 Å². The fourth-order valence-electron chi connectivity index (χ4n) is 1.41. The summed E-state index contributed by atoms with van der Waals surface area (Å²) in [6.45, 7) is 4.22. The number of carbonyl (C=O) groups excluding carboxylic acids is 4. The average Bonchev–Trinajstić information content (AvgIpc) is 2.41. The Hall–Kier alpha value is -2.38. The molecule has 0 aliphatic carbocycles. The Morgan fingerprint density at radius 2 is 1.91 bits per heavy atom. The lowest BCUT2D eigenvalue weighted by Crippen LogP contribution is -2.48. The van der Waals surface area contributed by atoms with Crippen molar-refractivity contribution in [3.05, 3.63) is 5.53 Å². The highest BCUT2D eigenvalue weighted by atomic mass is 16.5. The molecule has 0 unspecified atom stereocenters. The molecule has 2 atom stereocenters. The summed E-state index contributed by atoms with van der Waals surface area (Å²) < 4.78 is 4.93. The Kier molecular flexibility index (Phi) is 8.51. The third-order valence-electron chi connectivity index (χ3n) is 2.47. The average molecular weight is 313 g/mol. The lowest BCUT2D eigenvalue weighted by Gasteiger charge is -2.19. The van der Waals surface area contributed by atoms with Gasteiger partial charge in [0.1, 0.15) is 6.04 Å². The molecule has 0 bridgehead atoms. The molecule has 2 N–H and O–H groups in total. The van der Waals surface area contributed by atoms with E-state index in [0.29, 0.717) is 6.21 Å². The number of ketones is 2. The highest BCUT2D eigenvalue weighted by Gasteiger charge is 2.28. The maximum Gasteiger partial charge on any atom is 0.328 e. The predicted molar refractivity (Wildman–Crippen MR) is 73.8 cm³/mol. The fraction of sp³-hybridized carbons (Fsp3) is 0.615. The van der Waals surface area contributed by atoms with E-state index in [1.54, 1.807) is 13.8 Å². The van der Waals surface area contributed by atoms with Crippen LogP contribution in [0.4, 0.5) is 0 Å². The second-order valence-electron chi connectivity index (χ2n) is 4.81. The fourth-order valence-corrected chi connectivity index (χ4v) is 1.41. The molecule has 0 rings (SSSR count). The van der Waals surface area contributed by atoms with E-state index in [-0.39, 0.29) is 12.8 Å². The molecule has 22 heavy (non-hydrogen) atoms. The lowest BCUT2D eigenvalue weighted by molar-refractivity contribution is -0.153. The Morgan fingerprint density at radius 1 is 1.32 bits per heavy atom. The highest BCUT2D eigenvalue weighted by molar-refractivity contribution is 6.25. The largest absolute Gasteiger partial charge is 0.461 e. The Balaban J connectivity index is 4.89.